The lowest BCUT2D eigenvalue weighted by molar-refractivity contribution is 0.273. The lowest BCUT2D eigenvalue weighted by Crippen LogP contribution is -2.28. The molecular weight excluding hydrogens is 226 g/mol. The Morgan fingerprint density at radius 3 is 2.89 bits per heavy atom. The molecular formula is C14H25N3O. The fraction of sp³-hybridized carbons (Fsp3) is 0.643. The number of anilines is 1. The molecule has 102 valence electrons. The van der Waals surface area contributed by atoms with Crippen molar-refractivity contribution in [3.8, 4) is 5.75 Å². The van der Waals surface area contributed by atoms with E-state index < -0.39 is 0 Å². The van der Waals surface area contributed by atoms with Gasteiger partial charge in [-0.2, -0.15) is 0 Å². The smallest absolute Gasteiger partial charge is 0.168 e. The summed E-state index contributed by atoms with van der Waals surface area (Å²) in [5.74, 6) is 1.67. The largest absolute Gasteiger partial charge is 0.490 e. The Morgan fingerprint density at radius 2 is 2.22 bits per heavy atom. The van der Waals surface area contributed by atoms with Crippen molar-refractivity contribution in [2.24, 2.45) is 0 Å². The summed E-state index contributed by atoms with van der Waals surface area (Å²) in [6.07, 6.45) is 2.88. The van der Waals surface area contributed by atoms with Gasteiger partial charge in [0.25, 0.3) is 0 Å². The van der Waals surface area contributed by atoms with Crippen LogP contribution in [0.4, 0.5) is 5.82 Å². The van der Waals surface area contributed by atoms with E-state index in [1.165, 1.54) is 0 Å². The molecule has 0 amide bonds. The first-order valence-corrected chi connectivity index (χ1v) is 6.67. The van der Waals surface area contributed by atoms with Gasteiger partial charge in [0.2, 0.25) is 0 Å². The Kier molecular flexibility index (Phi) is 6.50. The van der Waals surface area contributed by atoms with Gasteiger partial charge in [0, 0.05) is 18.8 Å². The second-order valence-corrected chi connectivity index (χ2v) is 4.64. The van der Waals surface area contributed by atoms with E-state index in [0.29, 0.717) is 12.6 Å². The van der Waals surface area contributed by atoms with Crippen molar-refractivity contribution < 1.29 is 4.74 Å². The topological polar surface area (TPSA) is 37.4 Å². The van der Waals surface area contributed by atoms with Gasteiger partial charge < -0.3 is 15.0 Å². The number of ether oxygens (including phenoxy) is 1. The molecule has 0 spiro atoms. The zero-order chi connectivity index (χ0) is 13.4. The summed E-state index contributed by atoms with van der Waals surface area (Å²) >= 11 is 0. The standard InChI is InChI=1S/C14H25N3O/c1-5-18-13-8-6-9-15-14(13)16-10-7-11-17(4)12(2)3/h6,8-9,12H,5,7,10-11H2,1-4H3,(H,15,16). The number of rotatable bonds is 8. The van der Waals surface area contributed by atoms with Gasteiger partial charge >= 0.3 is 0 Å². The van der Waals surface area contributed by atoms with Crippen molar-refractivity contribution in [2.75, 3.05) is 32.1 Å². The maximum atomic E-state index is 5.52. The molecule has 0 atom stereocenters. The van der Waals surface area contributed by atoms with E-state index in [9.17, 15) is 0 Å². The van der Waals surface area contributed by atoms with Crippen LogP contribution in [0.2, 0.25) is 0 Å². The summed E-state index contributed by atoms with van der Waals surface area (Å²) < 4.78 is 5.52. The van der Waals surface area contributed by atoms with Crippen LogP contribution in [-0.4, -0.2) is 42.7 Å². The second kappa shape index (κ2) is 7.93. The summed E-state index contributed by atoms with van der Waals surface area (Å²) in [7, 11) is 2.15. The number of hydrogen-bond acceptors (Lipinski definition) is 4. The fourth-order valence-electron chi connectivity index (χ4n) is 1.59. The molecule has 0 unspecified atom stereocenters. The first kappa shape index (κ1) is 14.8. The summed E-state index contributed by atoms with van der Waals surface area (Å²) in [5.41, 5.74) is 0. The van der Waals surface area contributed by atoms with Gasteiger partial charge in [-0.25, -0.2) is 4.98 Å². The molecule has 4 heteroatoms. The Bertz CT molecular complexity index is 342. The maximum Gasteiger partial charge on any atom is 0.168 e. The number of hydrogen-bond donors (Lipinski definition) is 1. The number of nitrogens with zero attached hydrogens (tertiary/aromatic N) is 2. The van der Waals surface area contributed by atoms with Gasteiger partial charge in [-0.15, -0.1) is 0 Å². The van der Waals surface area contributed by atoms with E-state index in [0.717, 1.165) is 31.1 Å². The Balaban J connectivity index is 2.35. The zero-order valence-electron chi connectivity index (χ0n) is 11.9. The Morgan fingerprint density at radius 1 is 1.44 bits per heavy atom. The third kappa shape index (κ3) is 4.92. The second-order valence-electron chi connectivity index (χ2n) is 4.64. The lowest BCUT2D eigenvalue weighted by atomic mass is 10.3. The molecule has 1 heterocycles. The zero-order valence-corrected chi connectivity index (χ0v) is 11.9. The normalized spacial score (nSPS) is 11.0. The Labute approximate surface area is 110 Å². The van der Waals surface area contributed by atoms with Crippen LogP contribution in [0.25, 0.3) is 0 Å². The molecule has 1 N–H and O–H groups in total. The number of nitrogens with one attached hydrogen (secondary N) is 1. The van der Waals surface area contributed by atoms with Crippen LogP contribution < -0.4 is 10.1 Å². The summed E-state index contributed by atoms with van der Waals surface area (Å²) in [6, 6.07) is 4.43. The highest BCUT2D eigenvalue weighted by Crippen LogP contribution is 2.20. The molecule has 0 aliphatic carbocycles. The van der Waals surface area contributed by atoms with E-state index in [1.807, 2.05) is 19.1 Å². The van der Waals surface area contributed by atoms with Gasteiger partial charge in [-0.3, -0.25) is 0 Å². The van der Waals surface area contributed by atoms with Crippen LogP contribution in [0, 0.1) is 0 Å². The van der Waals surface area contributed by atoms with Crippen molar-refractivity contribution in [1.29, 1.82) is 0 Å². The molecule has 0 aliphatic heterocycles. The number of pyridine rings is 1. The molecule has 1 rings (SSSR count). The van der Waals surface area contributed by atoms with Crippen LogP contribution in [0.15, 0.2) is 18.3 Å². The molecule has 1 aromatic heterocycles. The minimum absolute atomic E-state index is 0.596. The molecule has 1 aromatic rings. The third-order valence-electron chi connectivity index (χ3n) is 2.93. The molecule has 0 saturated carbocycles. The first-order chi connectivity index (χ1) is 8.65. The van der Waals surface area contributed by atoms with E-state index in [4.69, 9.17) is 4.74 Å². The highest BCUT2D eigenvalue weighted by Gasteiger charge is 2.04. The van der Waals surface area contributed by atoms with E-state index in [1.54, 1.807) is 6.20 Å². The molecule has 0 aromatic carbocycles. The molecule has 0 bridgehead atoms. The molecule has 0 aliphatic rings. The highest BCUT2D eigenvalue weighted by molar-refractivity contribution is 5.49. The third-order valence-corrected chi connectivity index (χ3v) is 2.93. The average Bonchev–Trinajstić information content (AvgIpc) is 2.36. The average molecular weight is 251 g/mol. The van der Waals surface area contributed by atoms with Crippen molar-refractivity contribution in [3.05, 3.63) is 18.3 Å². The molecule has 0 fully saturated rings. The monoisotopic (exact) mass is 251 g/mol. The predicted molar refractivity (Wildman–Crippen MR) is 76.3 cm³/mol. The highest BCUT2D eigenvalue weighted by atomic mass is 16.5. The summed E-state index contributed by atoms with van der Waals surface area (Å²) in [5, 5.41) is 3.33. The molecule has 0 radical (unpaired) electrons. The van der Waals surface area contributed by atoms with Crippen LogP contribution in [0.5, 0.6) is 5.75 Å². The summed E-state index contributed by atoms with van der Waals surface area (Å²) in [4.78, 5) is 6.64. The van der Waals surface area contributed by atoms with Crippen molar-refractivity contribution in [3.63, 3.8) is 0 Å². The van der Waals surface area contributed by atoms with E-state index in [2.05, 4.69) is 36.1 Å². The SMILES string of the molecule is CCOc1cccnc1NCCCN(C)C(C)C. The van der Waals surface area contributed by atoms with Gasteiger partial charge in [-0.1, -0.05) is 0 Å². The summed E-state index contributed by atoms with van der Waals surface area (Å²) in [6.45, 7) is 9.05. The van der Waals surface area contributed by atoms with Gasteiger partial charge in [0.1, 0.15) is 0 Å². The lowest BCUT2D eigenvalue weighted by Gasteiger charge is -2.21. The molecule has 18 heavy (non-hydrogen) atoms. The quantitative estimate of drug-likeness (QED) is 0.721. The van der Waals surface area contributed by atoms with Crippen LogP contribution in [0.3, 0.4) is 0 Å². The number of aromatic nitrogens is 1. The van der Waals surface area contributed by atoms with Gasteiger partial charge in [-0.05, 0) is 52.9 Å². The molecule has 0 saturated heterocycles. The van der Waals surface area contributed by atoms with Gasteiger partial charge in [0.05, 0.1) is 6.61 Å². The van der Waals surface area contributed by atoms with Crippen LogP contribution >= 0.6 is 0 Å². The van der Waals surface area contributed by atoms with Gasteiger partial charge in [0.15, 0.2) is 11.6 Å². The van der Waals surface area contributed by atoms with Crippen molar-refractivity contribution in [2.45, 2.75) is 33.2 Å². The fourth-order valence-corrected chi connectivity index (χ4v) is 1.59. The van der Waals surface area contributed by atoms with E-state index >= 15 is 0 Å². The maximum absolute atomic E-state index is 5.52. The van der Waals surface area contributed by atoms with Crippen LogP contribution in [0.1, 0.15) is 27.2 Å². The minimum atomic E-state index is 0.596. The molecule has 4 nitrogen and oxygen atoms in total. The first-order valence-electron chi connectivity index (χ1n) is 6.67. The van der Waals surface area contributed by atoms with Crippen LogP contribution in [-0.2, 0) is 0 Å². The predicted octanol–water partition coefficient (Wildman–Crippen LogP) is 2.62. The minimum Gasteiger partial charge on any atom is -0.490 e. The van der Waals surface area contributed by atoms with Crippen molar-refractivity contribution in [1.82, 2.24) is 9.88 Å². The Hall–Kier alpha value is -1.29. The van der Waals surface area contributed by atoms with Crippen molar-refractivity contribution >= 4 is 5.82 Å². The van der Waals surface area contributed by atoms with E-state index in [-0.39, 0.29) is 0 Å².